The second-order valence-corrected chi connectivity index (χ2v) is 8.03. The zero-order valence-electron chi connectivity index (χ0n) is 16.9. The number of aryl methyl sites for hydroxylation is 1. The van der Waals surface area contributed by atoms with Crippen LogP contribution in [0.25, 0.3) is 10.3 Å². The molecule has 3 aromatic heterocycles. The van der Waals surface area contributed by atoms with Crippen LogP contribution in [-0.2, 0) is 7.05 Å². The molecular weight excluding hydrogens is 412 g/mol. The van der Waals surface area contributed by atoms with Crippen LogP contribution in [0.15, 0.2) is 17.8 Å². The number of carbonyl (C=O) groups is 1. The SMILES string of the molecule is C[C@@H](N)CCCCCNc1cnc2scc(C(=O)Nc3cn(C)nc3C(F)F)c2n1. The molecule has 3 rings (SSSR count). The minimum absolute atomic E-state index is 0.0223. The van der Waals surface area contributed by atoms with Crippen molar-refractivity contribution in [2.75, 3.05) is 17.2 Å². The molecule has 0 unspecified atom stereocenters. The van der Waals surface area contributed by atoms with Gasteiger partial charge in [-0.25, -0.2) is 18.7 Å². The van der Waals surface area contributed by atoms with Crippen molar-refractivity contribution in [3.8, 4) is 0 Å². The minimum atomic E-state index is -2.79. The van der Waals surface area contributed by atoms with E-state index in [9.17, 15) is 13.6 Å². The van der Waals surface area contributed by atoms with Crippen LogP contribution < -0.4 is 16.4 Å². The molecule has 0 spiro atoms. The van der Waals surface area contributed by atoms with Gasteiger partial charge in [-0.05, 0) is 19.8 Å². The Bertz CT molecular complexity index is 1000. The first-order chi connectivity index (χ1) is 14.3. The number of carbonyl (C=O) groups excluding carboxylic acids is 1. The molecule has 0 radical (unpaired) electrons. The van der Waals surface area contributed by atoms with E-state index in [1.165, 1.54) is 29.3 Å². The number of halogens is 2. The topological polar surface area (TPSA) is 111 Å². The Morgan fingerprint density at radius 3 is 2.87 bits per heavy atom. The second-order valence-electron chi connectivity index (χ2n) is 7.17. The Balaban J connectivity index is 1.66. The summed E-state index contributed by atoms with van der Waals surface area (Å²) in [6, 6.07) is 0.220. The maximum Gasteiger partial charge on any atom is 0.284 e. The lowest BCUT2D eigenvalue weighted by Gasteiger charge is -2.07. The fraction of sp³-hybridized carbons (Fsp3) is 0.474. The Kier molecular flexibility index (Phi) is 7.27. The fourth-order valence-corrected chi connectivity index (χ4v) is 3.82. The van der Waals surface area contributed by atoms with Crippen LogP contribution >= 0.6 is 11.3 Å². The van der Waals surface area contributed by atoms with Gasteiger partial charge in [-0.3, -0.25) is 9.48 Å². The summed E-state index contributed by atoms with van der Waals surface area (Å²) in [4.78, 5) is 22.1. The molecule has 0 aromatic carbocycles. The van der Waals surface area contributed by atoms with Crippen molar-refractivity contribution in [3.05, 3.63) is 29.0 Å². The van der Waals surface area contributed by atoms with E-state index in [0.29, 0.717) is 16.2 Å². The van der Waals surface area contributed by atoms with Crippen LogP contribution in [0.1, 0.15) is 55.1 Å². The number of hydrogen-bond acceptors (Lipinski definition) is 7. The number of unbranched alkanes of at least 4 members (excludes halogenated alkanes) is 2. The van der Waals surface area contributed by atoms with Crippen molar-refractivity contribution in [3.63, 3.8) is 0 Å². The fourth-order valence-electron chi connectivity index (χ4n) is 2.99. The third-order valence-corrected chi connectivity index (χ3v) is 5.36. The molecule has 0 saturated heterocycles. The van der Waals surface area contributed by atoms with Crippen LogP contribution in [0.2, 0.25) is 0 Å². The number of aromatic nitrogens is 4. The van der Waals surface area contributed by atoms with Crippen molar-refractivity contribution in [1.29, 1.82) is 0 Å². The molecule has 162 valence electrons. The first-order valence-electron chi connectivity index (χ1n) is 9.72. The third kappa shape index (κ3) is 5.48. The van der Waals surface area contributed by atoms with Crippen molar-refractivity contribution in [1.82, 2.24) is 19.7 Å². The van der Waals surface area contributed by atoms with Crippen molar-refractivity contribution < 1.29 is 13.6 Å². The van der Waals surface area contributed by atoms with Gasteiger partial charge >= 0.3 is 0 Å². The van der Waals surface area contributed by atoms with Crippen molar-refractivity contribution in [2.45, 2.75) is 45.1 Å². The molecular formula is C19H25F2N7OS. The van der Waals surface area contributed by atoms with Crippen LogP contribution in [0.5, 0.6) is 0 Å². The number of thiophene rings is 1. The van der Waals surface area contributed by atoms with E-state index in [1.807, 2.05) is 6.92 Å². The van der Waals surface area contributed by atoms with Gasteiger partial charge in [0.25, 0.3) is 12.3 Å². The van der Waals surface area contributed by atoms with Crippen LogP contribution in [0.3, 0.4) is 0 Å². The largest absolute Gasteiger partial charge is 0.369 e. The highest BCUT2D eigenvalue weighted by atomic mass is 32.1. The molecule has 4 N–H and O–H groups in total. The normalized spacial score (nSPS) is 12.5. The molecule has 0 fully saturated rings. The minimum Gasteiger partial charge on any atom is -0.369 e. The first kappa shape index (κ1) is 22.0. The number of nitrogens with zero attached hydrogens (tertiary/aromatic N) is 4. The molecule has 0 saturated carbocycles. The van der Waals surface area contributed by atoms with Gasteiger partial charge in [-0.2, -0.15) is 5.10 Å². The van der Waals surface area contributed by atoms with E-state index in [0.717, 1.165) is 32.2 Å². The zero-order valence-corrected chi connectivity index (χ0v) is 17.7. The van der Waals surface area contributed by atoms with E-state index in [2.05, 4.69) is 25.7 Å². The molecule has 1 amide bonds. The maximum absolute atomic E-state index is 13.1. The maximum atomic E-state index is 13.1. The van der Waals surface area contributed by atoms with E-state index < -0.39 is 18.0 Å². The van der Waals surface area contributed by atoms with Crippen LogP contribution in [-0.4, -0.2) is 38.2 Å². The molecule has 0 aliphatic rings. The monoisotopic (exact) mass is 437 g/mol. The summed E-state index contributed by atoms with van der Waals surface area (Å²) in [6.45, 7) is 2.73. The molecule has 30 heavy (non-hydrogen) atoms. The Morgan fingerprint density at radius 1 is 1.33 bits per heavy atom. The molecule has 0 aliphatic carbocycles. The molecule has 0 bridgehead atoms. The smallest absolute Gasteiger partial charge is 0.284 e. The summed E-state index contributed by atoms with van der Waals surface area (Å²) >= 11 is 1.27. The number of fused-ring (bicyclic) bond motifs is 1. The van der Waals surface area contributed by atoms with Gasteiger partial charge in [0.05, 0.1) is 17.4 Å². The zero-order chi connectivity index (χ0) is 21.7. The lowest BCUT2D eigenvalue weighted by atomic mass is 10.1. The molecule has 3 aromatic rings. The van der Waals surface area contributed by atoms with Gasteiger partial charge < -0.3 is 16.4 Å². The number of hydrogen-bond donors (Lipinski definition) is 3. The summed E-state index contributed by atoms with van der Waals surface area (Å²) in [6.07, 6.45) is 4.30. The Labute approximate surface area is 176 Å². The number of rotatable bonds is 10. The van der Waals surface area contributed by atoms with Gasteiger partial charge in [0, 0.05) is 31.2 Å². The summed E-state index contributed by atoms with van der Waals surface area (Å²) in [5.74, 6) is 0.0373. The highest BCUT2D eigenvalue weighted by molar-refractivity contribution is 7.17. The lowest BCUT2D eigenvalue weighted by molar-refractivity contribution is 0.102. The highest BCUT2D eigenvalue weighted by Crippen LogP contribution is 2.28. The van der Waals surface area contributed by atoms with Gasteiger partial charge in [0.1, 0.15) is 16.2 Å². The standard InChI is InChI=1S/C19H25F2N7OS/c1-11(22)6-4-3-5-7-23-14-8-24-19-15(26-14)12(10-30-19)18(29)25-13-9-28(2)27-16(13)17(20)21/h8-11,17H,3-7,22H2,1-2H3,(H,23,26)(H,25,29)/t11-/m1/s1. The molecule has 8 nitrogen and oxygen atoms in total. The first-order valence-corrected chi connectivity index (χ1v) is 10.6. The summed E-state index contributed by atoms with van der Waals surface area (Å²) in [5.41, 5.74) is 5.97. The van der Waals surface area contributed by atoms with Crippen molar-refractivity contribution in [2.24, 2.45) is 12.8 Å². The van der Waals surface area contributed by atoms with Crippen LogP contribution in [0.4, 0.5) is 20.3 Å². The van der Waals surface area contributed by atoms with E-state index in [-0.39, 0.29) is 17.3 Å². The number of anilines is 2. The highest BCUT2D eigenvalue weighted by Gasteiger charge is 2.21. The van der Waals surface area contributed by atoms with Gasteiger partial charge in [0.2, 0.25) is 0 Å². The molecule has 0 aliphatic heterocycles. The predicted octanol–water partition coefficient (Wildman–Crippen LogP) is 3.93. The average molecular weight is 438 g/mol. The average Bonchev–Trinajstić information content (AvgIpc) is 3.27. The molecule has 3 heterocycles. The van der Waals surface area contributed by atoms with Crippen LogP contribution in [0, 0.1) is 0 Å². The summed E-state index contributed by atoms with van der Waals surface area (Å²) in [7, 11) is 1.52. The molecule has 1 atom stereocenters. The Morgan fingerprint density at radius 2 is 2.13 bits per heavy atom. The number of alkyl halides is 2. The van der Waals surface area contributed by atoms with E-state index in [4.69, 9.17) is 5.73 Å². The number of nitrogens with two attached hydrogens (primary N) is 1. The quantitative estimate of drug-likeness (QED) is 0.415. The lowest BCUT2D eigenvalue weighted by Crippen LogP contribution is -2.14. The van der Waals surface area contributed by atoms with Gasteiger partial charge in [-0.15, -0.1) is 11.3 Å². The summed E-state index contributed by atoms with van der Waals surface area (Å²) < 4.78 is 27.5. The van der Waals surface area contributed by atoms with Crippen molar-refractivity contribution >= 4 is 39.1 Å². The third-order valence-electron chi connectivity index (χ3n) is 4.48. The predicted molar refractivity (Wildman–Crippen MR) is 114 cm³/mol. The number of nitrogens with one attached hydrogen (secondary N) is 2. The van der Waals surface area contributed by atoms with E-state index in [1.54, 1.807) is 11.6 Å². The van der Waals surface area contributed by atoms with E-state index >= 15 is 0 Å². The Hall–Kier alpha value is -2.66. The number of amides is 1. The molecule has 11 heteroatoms. The second kappa shape index (κ2) is 9.90. The van der Waals surface area contributed by atoms with Gasteiger partial charge in [-0.1, -0.05) is 12.8 Å². The van der Waals surface area contributed by atoms with Gasteiger partial charge in [0.15, 0.2) is 5.69 Å². The summed E-state index contributed by atoms with van der Waals surface area (Å²) in [5, 5.41) is 11.0.